The molecular weight excluding hydrogens is 538 g/mol. The molecule has 3 aromatic rings. The molecule has 0 aromatic heterocycles. The van der Waals surface area contributed by atoms with Crippen LogP contribution >= 0.6 is 0 Å². The van der Waals surface area contributed by atoms with Gasteiger partial charge in [-0.3, -0.25) is 9.59 Å². The number of benzene rings is 3. The van der Waals surface area contributed by atoms with Crippen LogP contribution in [0.2, 0.25) is 0 Å². The normalized spacial score (nSPS) is 13.0. The minimum atomic E-state index is -0.985. The number of hydrogen-bond acceptors (Lipinski definition) is 4. The van der Waals surface area contributed by atoms with Crippen LogP contribution < -0.4 is 10.6 Å². The van der Waals surface area contributed by atoms with E-state index >= 15 is 0 Å². The van der Waals surface area contributed by atoms with E-state index in [4.69, 9.17) is 4.74 Å². The lowest BCUT2D eigenvalue weighted by molar-refractivity contribution is -0.147. The number of nitrogens with zero attached hydrogens (tertiary/aromatic N) is 1. The summed E-state index contributed by atoms with van der Waals surface area (Å²) in [6.07, 6.45) is 0.111. The van der Waals surface area contributed by atoms with Crippen LogP contribution in [0.15, 0.2) is 72.8 Å². The van der Waals surface area contributed by atoms with E-state index in [1.807, 2.05) is 114 Å². The number of aryl methyl sites for hydroxylation is 3. The van der Waals surface area contributed by atoms with Gasteiger partial charge in [-0.15, -0.1) is 0 Å². The molecule has 2 atom stereocenters. The predicted molar refractivity (Wildman–Crippen MR) is 173 cm³/mol. The van der Waals surface area contributed by atoms with E-state index < -0.39 is 29.3 Å². The number of para-hydroxylation sites is 1. The minimum Gasteiger partial charge on any atom is -0.444 e. The van der Waals surface area contributed by atoms with E-state index in [0.29, 0.717) is 12.1 Å². The van der Waals surface area contributed by atoms with Gasteiger partial charge in [-0.25, -0.2) is 4.79 Å². The van der Waals surface area contributed by atoms with Gasteiger partial charge in [0.1, 0.15) is 17.7 Å². The highest BCUT2D eigenvalue weighted by molar-refractivity contribution is 6.00. The fourth-order valence-electron chi connectivity index (χ4n) is 5.16. The Kier molecular flexibility index (Phi) is 10.8. The molecule has 0 aliphatic heterocycles. The Hall–Kier alpha value is -4.13. The molecule has 0 bridgehead atoms. The third-order valence-electron chi connectivity index (χ3n) is 7.75. The average Bonchev–Trinajstić information content (AvgIpc) is 2.92. The number of nitrogens with one attached hydrogen (secondary N) is 2. The summed E-state index contributed by atoms with van der Waals surface area (Å²) in [5.41, 5.74) is 3.52. The highest BCUT2D eigenvalue weighted by atomic mass is 16.6. The van der Waals surface area contributed by atoms with Crippen molar-refractivity contribution < 1.29 is 19.1 Å². The molecule has 3 aromatic carbocycles. The van der Waals surface area contributed by atoms with Crippen molar-refractivity contribution in [3.63, 3.8) is 0 Å². The van der Waals surface area contributed by atoms with Gasteiger partial charge in [0, 0.05) is 17.6 Å². The summed E-state index contributed by atoms with van der Waals surface area (Å²) in [5, 5.41) is 5.96. The molecule has 0 heterocycles. The zero-order chi connectivity index (χ0) is 31.9. The molecular formula is C36H47N3O4. The molecule has 0 radical (unpaired) electrons. The van der Waals surface area contributed by atoms with Gasteiger partial charge in [0.25, 0.3) is 5.91 Å². The highest BCUT2D eigenvalue weighted by Gasteiger charge is 2.44. The number of alkyl carbamates (subject to hydrolysis) is 1. The average molecular weight is 586 g/mol. The number of ether oxygens (including phenoxy) is 1. The molecule has 0 saturated carbocycles. The second kappa shape index (κ2) is 13.9. The van der Waals surface area contributed by atoms with E-state index in [1.165, 1.54) is 0 Å². The Bertz CT molecular complexity index is 1410. The minimum absolute atomic E-state index is 0.230. The summed E-state index contributed by atoms with van der Waals surface area (Å²) in [5.74, 6) is -0.688. The van der Waals surface area contributed by atoms with Gasteiger partial charge in [-0.2, -0.15) is 0 Å². The van der Waals surface area contributed by atoms with Crippen LogP contribution in [-0.2, 0) is 20.7 Å². The first-order chi connectivity index (χ1) is 20.1. The van der Waals surface area contributed by atoms with Gasteiger partial charge < -0.3 is 20.3 Å². The second-order valence-corrected chi connectivity index (χ2v) is 12.8. The number of carbonyl (C=O) groups is 3. The molecule has 0 saturated heterocycles. The highest BCUT2D eigenvalue weighted by Crippen LogP contribution is 2.36. The largest absolute Gasteiger partial charge is 0.444 e. The summed E-state index contributed by atoms with van der Waals surface area (Å²) < 4.78 is 5.57. The van der Waals surface area contributed by atoms with Crippen molar-refractivity contribution in [1.29, 1.82) is 0 Å². The fraction of sp³-hybridized carbons (Fsp3) is 0.417. The van der Waals surface area contributed by atoms with Crippen molar-refractivity contribution in [2.45, 2.75) is 98.4 Å². The number of amides is 3. The van der Waals surface area contributed by atoms with Gasteiger partial charge in [0.2, 0.25) is 5.91 Å². The summed E-state index contributed by atoms with van der Waals surface area (Å²) in [7, 11) is 0. The standard InChI is InChI=1S/C36H47N3O4/c1-10-36(8,9)39(33(41)29(23-27-20-12-11-13-21-27)38-34(42)43-35(5,6)7)31(30-25(3)18-16-19-26(30)4)32(40)37-28-22-15-14-17-24(28)2/h11-22,29,31H,10,23H2,1-9H3,(H,37,40)(H,38,42). The van der Waals surface area contributed by atoms with Gasteiger partial charge in [-0.05, 0) is 95.7 Å². The summed E-state index contributed by atoms with van der Waals surface area (Å²) in [4.78, 5) is 44.1. The number of rotatable bonds is 10. The molecule has 0 spiro atoms. The third-order valence-corrected chi connectivity index (χ3v) is 7.75. The number of anilines is 1. The topological polar surface area (TPSA) is 87.7 Å². The smallest absolute Gasteiger partial charge is 0.408 e. The van der Waals surface area contributed by atoms with E-state index in [9.17, 15) is 14.4 Å². The quantitative estimate of drug-likeness (QED) is 0.259. The molecule has 43 heavy (non-hydrogen) atoms. The van der Waals surface area contributed by atoms with Crippen molar-refractivity contribution in [1.82, 2.24) is 10.2 Å². The first-order valence-electron chi connectivity index (χ1n) is 14.9. The first kappa shape index (κ1) is 33.4. The molecule has 3 amide bonds. The maximum atomic E-state index is 14.9. The molecule has 2 N–H and O–H groups in total. The SMILES string of the molecule is CCC(C)(C)N(C(=O)C(Cc1ccccc1)NC(=O)OC(C)(C)C)C(C(=O)Nc1ccccc1C)c1c(C)cccc1C. The van der Waals surface area contributed by atoms with Crippen LogP contribution in [0.25, 0.3) is 0 Å². The summed E-state index contributed by atoms with van der Waals surface area (Å²) in [6.45, 7) is 17.1. The number of carbonyl (C=O) groups excluding carboxylic acids is 3. The van der Waals surface area contributed by atoms with E-state index in [0.717, 1.165) is 27.8 Å². The van der Waals surface area contributed by atoms with E-state index in [1.54, 1.807) is 25.7 Å². The van der Waals surface area contributed by atoms with Crippen LogP contribution in [-0.4, -0.2) is 40.0 Å². The first-order valence-corrected chi connectivity index (χ1v) is 14.9. The van der Waals surface area contributed by atoms with Crippen molar-refractivity contribution in [2.75, 3.05) is 5.32 Å². The molecule has 7 heteroatoms. The maximum absolute atomic E-state index is 14.9. The van der Waals surface area contributed by atoms with Crippen LogP contribution in [0, 0.1) is 20.8 Å². The van der Waals surface area contributed by atoms with Gasteiger partial charge in [0.05, 0.1) is 0 Å². The van der Waals surface area contributed by atoms with Crippen LogP contribution in [0.1, 0.15) is 81.8 Å². The maximum Gasteiger partial charge on any atom is 0.408 e. The van der Waals surface area contributed by atoms with Crippen molar-refractivity contribution >= 4 is 23.6 Å². The molecule has 0 aliphatic rings. The number of hydrogen-bond donors (Lipinski definition) is 2. The Balaban J connectivity index is 2.20. The Morgan fingerprint density at radius 2 is 1.35 bits per heavy atom. The second-order valence-electron chi connectivity index (χ2n) is 12.8. The van der Waals surface area contributed by atoms with Crippen molar-refractivity contribution in [3.8, 4) is 0 Å². The van der Waals surface area contributed by atoms with Crippen LogP contribution in [0.5, 0.6) is 0 Å². The van der Waals surface area contributed by atoms with E-state index in [2.05, 4.69) is 10.6 Å². The fourth-order valence-corrected chi connectivity index (χ4v) is 5.16. The Morgan fingerprint density at radius 3 is 1.91 bits per heavy atom. The molecule has 230 valence electrons. The monoisotopic (exact) mass is 585 g/mol. The van der Waals surface area contributed by atoms with Gasteiger partial charge in [0.15, 0.2) is 0 Å². The van der Waals surface area contributed by atoms with Crippen LogP contribution in [0.4, 0.5) is 10.5 Å². The summed E-state index contributed by atoms with van der Waals surface area (Å²) >= 11 is 0. The molecule has 0 aliphatic carbocycles. The molecule has 3 rings (SSSR count). The predicted octanol–water partition coefficient (Wildman–Crippen LogP) is 7.44. The molecule has 0 fully saturated rings. The zero-order valence-electron chi connectivity index (χ0n) is 27.1. The van der Waals surface area contributed by atoms with Crippen molar-refractivity contribution in [3.05, 3.63) is 101 Å². The zero-order valence-corrected chi connectivity index (χ0v) is 27.1. The van der Waals surface area contributed by atoms with E-state index in [-0.39, 0.29) is 18.2 Å². The lowest BCUT2D eigenvalue weighted by Crippen LogP contribution is -2.59. The lowest BCUT2D eigenvalue weighted by atomic mass is 9.88. The third kappa shape index (κ3) is 8.69. The van der Waals surface area contributed by atoms with Gasteiger partial charge in [-0.1, -0.05) is 73.7 Å². The van der Waals surface area contributed by atoms with Crippen LogP contribution in [0.3, 0.4) is 0 Å². The summed E-state index contributed by atoms with van der Waals surface area (Å²) in [6, 6.07) is 21.0. The Labute approximate surface area is 257 Å². The van der Waals surface area contributed by atoms with Crippen molar-refractivity contribution in [2.24, 2.45) is 0 Å². The Morgan fingerprint density at radius 1 is 0.791 bits per heavy atom. The molecule has 2 unspecified atom stereocenters. The lowest BCUT2D eigenvalue weighted by Gasteiger charge is -2.45. The molecule has 7 nitrogen and oxygen atoms in total. The van der Waals surface area contributed by atoms with Gasteiger partial charge >= 0.3 is 6.09 Å².